The van der Waals surface area contributed by atoms with Crippen LogP contribution >= 0.6 is 0 Å². The summed E-state index contributed by atoms with van der Waals surface area (Å²) in [6.07, 6.45) is 0.889. The van der Waals surface area contributed by atoms with Gasteiger partial charge >= 0.3 is 0 Å². The van der Waals surface area contributed by atoms with E-state index in [1.165, 1.54) is 0 Å². The molecule has 0 aliphatic carbocycles. The molecule has 0 bridgehead atoms. The zero-order chi connectivity index (χ0) is 6.41. The molecule has 0 fully saturated rings. The van der Waals surface area contributed by atoms with Gasteiger partial charge in [0, 0.05) is 6.61 Å². The molecule has 1 atom stereocenters. The summed E-state index contributed by atoms with van der Waals surface area (Å²) in [4.78, 5) is 0. The van der Waals surface area contributed by atoms with Crippen molar-refractivity contribution in [1.82, 2.24) is 0 Å². The number of rotatable bonds is 4. The lowest BCUT2D eigenvalue weighted by Crippen LogP contribution is -2.12. The molecule has 0 rings (SSSR count). The zero-order valence-electron chi connectivity index (χ0n) is 5.52. The second-order valence-electron chi connectivity index (χ2n) is 1.85. The molecule has 0 N–H and O–H groups in total. The number of hydrogen-bond donors (Lipinski definition) is 0. The fraction of sp³-hybridized carbons (Fsp3) is 1.00. The Labute approximate surface area is 50.5 Å². The van der Waals surface area contributed by atoms with E-state index in [0.29, 0.717) is 6.61 Å². The molecule has 0 aliphatic rings. The number of ether oxygens (including phenoxy) is 1. The molecule has 2 heteroatoms. The molecule has 0 heterocycles. The number of hydrogen-bond acceptors (Lipinski definition) is 1. The summed E-state index contributed by atoms with van der Waals surface area (Å²) in [7, 11) is 0. The monoisotopic (exact) mass is 117 g/mol. The fourth-order valence-corrected chi connectivity index (χ4v) is 0.367. The standard InChI is InChI=1S/C6H13O2/c1-3-4-8-6(2)5-7/h6H,3-5H2,1-2H3. The van der Waals surface area contributed by atoms with Crippen molar-refractivity contribution in [3.05, 3.63) is 0 Å². The summed E-state index contributed by atoms with van der Waals surface area (Å²) < 4.78 is 5.03. The van der Waals surface area contributed by atoms with Gasteiger partial charge in [-0.2, -0.15) is 0 Å². The summed E-state index contributed by atoms with van der Waals surface area (Å²) in [5, 5.41) is 10.0. The predicted octanol–water partition coefficient (Wildman–Crippen LogP) is 1.23. The van der Waals surface area contributed by atoms with Crippen molar-refractivity contribution in [2.24, 2.45) is 0 Å². The van der Waals surface area contributed by atoms with Gasteiger partial charge in [0.25, 0.3) is 0 Å². The molecule has 0 aromatic carbocycles. The summed E-state index contributed by atoms with van der Waals surface area (Å²) in [6.45, 7) is 4.41. The first-order chi connectivity index (χ1) is 3.81. The van der Waals surface area contributed by atoms with E-state index < -0.39 is 0 Å². The van der Waals surface area contributed by atoms with Crippen molar-refractivity contribution in [1.29, 1.82) is 0 Å². The van der Waals surface area contributed by atoms with Crippen molar-refractivity contribution in [2.45, 2.75) is 26.4 Å². The van der Waals surface area contributed by atoms with E-state index in [0.717, 1.165) is 6.42 Å². The Bertz CT molecular complexity index is 45.8. The fourth-order valence-electron chi connectivity index (χ4n) is 0.367. The van der Waals surface area contributed by atoms with Gasteiger partial charge < -0.3 is 4.74 Å². The minimum Gasteiger partial charge on any atom is -0.376 e. The zero-order valence-corrected chi connectivity index (χ0v) is 5.52. The topological polar surface area (TPSA) is 29.1 Å². The molecule has 0 amide bonds. The van der Waals surface area contributed by atoms with E-state index in [1.807, 2.05) is 6.92 Å². The first-order valence-electron chi connectivity index (χ1n) is 3.01. The minimum atomic E-state index is -0.125. The van der Waals surface area contributed by atoms with Crippen LogP contribution in [0.5, 0.6) is 0 Å². The third-order valence-corrected chi connectivity index (χ3v) is 0.841. The molecule has 0 aromatic rings. The molecule has 1 radical (unpaired) electrons. The lowest BCUT2D eigenvalue weighted by Gasteiger charge is -2.05. The van der Waals surface area contributed by atoms with Crippen molar-refractivity contribution >= 4 is 0 Å². The van der Waals surface area contributed by atoms with E-state index >= 15 is 0 Å². The van der Waals surface area contributed by atoms with Crippen molar-refractivity contribution < 1.29 is 9.84 Å². The highest BCUT2D eigenvalue weighted by molar-refractivity contribution is 4.42. The van der Waals surface area contributed by atoms with E-state index in [-0.39, 0.29) is 12.7 Å². The highest BCUT2D eigenvalue weighted by Gasteiger charge is 1.96. The molecule has 0 aliphatic heterocycles. The average molecular weight is 117 g/mol. The minimum absolute atomic E-state index is 0.102. The molecule has 8 heavy (non-hydrogen) atoms. The van der Waals surface area contributed by atoms with Gasteiger partial charge in [-0.15, -0.1) is 0 Å². The van der Waals surface area contributed by atoms with Crippen LogP contribution in [0.2, 0.25) is 0 Å². The predicted molar refractivity (Wildman–Crippen MR) is 31.3 cm³/mol. The van der Waals surface area contributed by atoms with E-state index in [9.17, 15) is 5.11 Å². The van der Waals surface area contributed by atoms with Gasteiger partial charge in [-0.1, -0.05) is 6.92 Å². The lowest BCUT2D eigenvalue weighted by molar-refractivity contribution is 0.00262. The highest BCUT2D eigenvalue weighted by atomic mass is 16.5. The third-order valence-electron chi connectivity index (χ3n) is 0.841. The first-order valence-corrected chi connectivity index (χ1v) is 3.01. The van der Waals surface area contributed by atoms with Crippen molar-refractivity contribution in [2.75, 3.05) is 13.2 Å². The second-order valence-corrected chi connectivity index (χ2v) is 1.85. The molecule has 49 valence electrons. The Morgan fingerprint density at radius 3 is 2.62 bits per heavy atom. The van der Waals surface area contributed by atoms with E-state index in [2.05, 4.69) is 0 Å². The first kappa shape index (κ1) is 7.92. The summed E-state index contributed by atoms with van der Waals surface area (Å²) >= 11 is 0. The summed E-state index contributed by atoms with van der Waals surface area (Å²) in [6, 6.07) is 0. The summed E-state index contributed by atoms with van der Waals surface area (Å²) in [5.41, 5.74) is 0. The highest BCUT2D eigenvalue weighted by Crippen LogP contribution is 1.89. The van der Waals surface area contributed by atoms with Crippen LogP contribution in [-0.2, 0) is 9.84 Å². The molecule has 0 spiro atoms. The Balaban J connectivity index is 2.86. The molecular formula is C6H13O2. The Kier molecular flexibility index (Phi) is 5.01. The Morgan fingerprint density at radius 2 is 2.25 bits per heavy atom. The third kappa shape index (κ3) is 4.09. The molecule has 1 unspecified atom stereocenters. The van der Waals surface area contributed by atoms with Crippen LogP contribution in [0.4, 0.5) is 0 Å². The second kappa shape index (κ2) is 5.06. The molecular weight excluding hydrogens is 104 g/mol. The van der Waals surface area contributed by atoms with Crippen LogP contribution < -0.4 is 0 Å². The maximum atomic E-state index is 10.0. The van der Waals surface area contributed by atoms with Gasteiger partial charge in [0.1, 0.15) is 6.61 Å². The SMILES string of the molecule is CCCOC(C)C[O]. The van der Waals surface area contributed by atoms with Gasteiger partial charge in [-0.3, -0.25) is 0 Å². The Morgan fingerprint density at radius 1 is 1.62 bits per heavy atom. The van der Waals surface area contributed by atoms with Crippen molar-refractivity contribution in [3.63, 3.8) is 0 Å². The van der Waals surface area contributed by atoms with Gasteiger partial charge in [0.05, 0.1) is 6.10 Å². The van der Waals surface area contributed by atoms with Gasteiger partial charge in [0.2, 0.25) is 0 Å². The average Bonchev–Trinajstić information content (AvgIpc) is 1.83. The van der Waals surface area contributed by atoms with E-state index in [4.69, 9.17) is 4.74 Å². The maximum Gasteiger partial charge on any atom is 0.108 e. The molecule has 2 nitrogen and oxygen atoms in total. The van der Waals surface area contributed by atoms with Gasteiger partial charge in [-0.25, -0.2) is 5.11 Å². The maximum absolute atomic E-state index is 10.0. The van der Waals surface area contributed by atoms with Crippen LogP contribution in [0.25, 0.3) is 0 Å². The largest absolute Gasteiger partial charge is 0.376 e. The van der Waals surface area contributed by atoms with Crippen LogP contribution in [0, 0.1) is 0 Å². The van der Waals surface area contributed by atoms with Crippen LogP contribution in [-0.4, -0.2) is 19.3 Å². The van der Waals surface area contributed by atoms with Gasteiger partial charge in [0.15, 0.2) is 0 Å². The van der Waals surface area contributed by atoms with Gasteiger partial charge in [-0.05, 0) is 13.3 Å². The van der Waals surface area contributed by atoms with Crippen LogP contribution in [0.1, 0.15) is 20.3 Å². The molecule has 0 saturated carbocycles. The normalized spacial score (nSPS) is 13.9. The smallest absolute Gasteiger partial charge is 0.108 e. The quantitative estimate of drug-likeness (QED) is 0.544. The molecule has 0 saturated heterocycles. The van der Waals surface area contributed by atoms with Crippen molar-refractivity contribution in [3.8, 4) is 0 Å². The van der Waals surface area contributed by atoms with Crippen LogP contribution in [0.3, 0.4) is 0 Å². The van der Waals surface area contributed by atoms with E-state index in [1.54, 1.807) is 6.92 Å². The Hall–Kier alpha value is -0.0800. The lowest BCUT2D eigenvalue weighted by atomic mass is 10.4. The molecule has 0 aromatic heterocycles. The summed E-state index contributed by atoms with van der Waals surface area (Å²) in [5.74, 6) is 0. The van der Waals surface area contributed by atoms with Crippen LogP contribution in [0.15, 0.2) is 0 Å².